The van der Waals surface area contributed by atoms with E-state index in [1.54, 1.807) is 0 Å². The minimum atomic E-state index is 0.0845. The molecule has 20 heavy (non-hydrogen) atoms. The number of hydrogen-bond donors (Lipinski definition) is 1. The van der Waals surface area contributed by atoms with Crippen LogP contribution in [-0.4, -0.2) is 22.8 Å². The summed E-state index contributed by atoms with van der Waals surface area (Å²) in [6, 6.07) is 14.2. The third kappa shape index (κ3) is 4.03. The summed E-state index contributed by atoms with van der Waals surface area (Å²) in [6.07, 6.45) is 0. The van der Waals surface area contributed by atoms with Crippen LogP contribution < -0.4 is 10.2 Å². The van der Waals surface area contributed by atoms with Gasteiger partial charge in [0.1, 0.15) is 0 Å². The van der Waals surface area contributed by atoms with Gasteiger partial charge in [0.25, 0.3) is 0 Å². The SMILES string of the molecule is CN(c1ccccc1)c1ccc(CNC(C)(C)C)nn1. The van der Waals surface area contributed by atoms with Crippen LogP contribution in [0.25, 0.3) is 0 Å². The zero-order valence-electron chi connectivity index (χ0n) is 12.6. The van der Waals surface area contributed by atoms with Crippen LogP contribution >= 0.6 is 0 Å². The maximum Gasteiger partial charge on any atom is 0.155 e. The van der Waals surface area contributed by atoms with Gasteiger partial charge in [0.05, 0.1) is 5.69 Å². The van der Waals surface area contributed by atoms with Crippen molar-refractivity contribution in [3.05, 3.63) is 48.2 Å². The molecule has 4 nitrogen and oxygen atoms in total. The molecule has 0 bridgehead atoms. The molecule has 4 heteroatoms. The van der Waals surface area contributed by atoms with Crippen LogP contribution in [0.4, 0.5) is 11.5 Å². The fourth-order valence-corrected chi connectivity index (χ4v) is 1.77. The molecule has 2 rings (SSSR count). The first-order chi connectivity index (χ1) is 9.46. The Labute approximate surface area is 120 Å². The van der Waals surface area contributed by atoms with E-state index < -0.39 is 0 Å². The van der Waals surface area contributed by atoms with Crippen LogP contribution in [-0.2, 0) is 6.54 Å². The van der Waals surface area contributed by atoms with Crippen molar-refractivity contribution >= 4 is 11.5 Å². The number of benzene rings is 1. The van der Waals surface area contributed by atoms with Gasteiger partial charge in [0.2, 0.25) is 0 Å². The van der Waals surface area contributed by atoms with Crippen molar-refractivity contribution in [3.63, 3.8) is 0 Å². The molecule has 1 heterocycles. The van der Waals surface area contributed by atoms with Crippen LogP contribution in [0.1, 0.15) is 26.5 Å². The average Bonchev–Trinajstić information content (AvgIpc) is 2.45. The molecule has 1 aromatic carbocycles. The monoisotopic (exact) mass is 270 g/mol. The van der Waals surface area contributed by atoms with Crippen molar-refractivity contribution in [3.8, 4) is 0 Å². The van der Waals surface area contributed by atoms with E-state index in [2.05, 4.69) is 48.4 Å². The summed E-state index contributed by atoms with van der Waals surface area (Å²) in [7, 11) is 1.99. The highest BCUT2D eigenvalue weighted by Gasteiger charge is 2.10. The Morgan fingerprint density at radius 2 is 1.70 bits per heavy atom. The van der Waals surface area contributed by atoms with Gasteiger partial charge in [-0.1, -0.05) is 18.2 Å². The summed E-state index contributed by atoms with van der Waals surface area (Å²) < 4.78 is 0. The van der Waals surface area contributed by atoms with Gasteiger partial charge in [-0.3, -0.25) is 0 Å². The lowest BCUT2D eigenvalue weighted by molar-refractivity contribution is 0.420. The first-order valence-electron chi connectivity index (χ1n) is 6.82. The van der Waals surface area contributed by atoms with Gasteiger partial charge < -0.3 is 10.2 Å². The van der Waals surface area contributed by atoms with Gasteiger partial charge in [0.15, 0.2) is 5.82 Å². The molecular formula is C16H22N4. The lowest BCUT2D eigenvalue weighted by Crippen LogP contribution is -2.35. The van der Waals surface area contributed by atoms with E-state index in [4.69, 9.17) is 0 Å². The molecule has 1 aromatic heterocycles. The van der Waals surface area contributed by atoms with Crippen molar-refractivity contribution < 1.29 is 0 Å². The van der Waals surface area contributed by atoms with Crippen molar-refractivity contribution in [2.45, 2.75) is 32.9 Å². The topological polar surface area (TPSA) is 41.0 Å². The van der Waals surface area contributed by atoms with Crippen molar-refractivity contribution in [2.75, 3.05) is 11.9 Å². The minimum absolute atomic E-state index is 0.0845. The lowest BCUT2D eigenvalue weighted by atomic mass is 10.1. The first-order valence-corrected chi connectivity index (χ1v) is 6.82. The zero-order chi connectivity index (χ0) is 14.6. The van der Waals surface area contributed by atoms with Crippen LogP contribution in [0, 0.1) is 0 Å². The molecule has 0 radical (unpaired) electrons. The van der Waals surface area contributed by atoms with Gasteiger partial charge in [-0.25, -0.2) is 0 Å². The highest BCUT2D eigenvalue weighted by molar-refractivity contribution is 5.58. The molecule has 0 fully saturated rings. The Balaban J connectivity index is 2.05. The van der Waals surface area contributed by atoms with Crippen LogP contribution in [0.5, 0.6) is 0 Å². The molecule has 1 N–H and O–H groups in total. The van der Waals surface area contributed by atoms with Gasteiger partial charge in [-0.15, -0.1) is 5.10 Å². The third-order valence-electron chi connectivity index (χ3n) is 2.99. The summed E-state index contributed by atoms with van der Waals surface area (Å²) in [5.41, 5.74) is 2.13. The average molecular weight is 270 g/mol. The summed E-state index contributed by atoms with van der Waals surface area (Å²) in [5, 5.41) is 12.0. The molecule has 0 atom stereocenters. The van der Waals surface area contributed by atoms with Crippen LogP contribution in [0.3, 0.4) is 0 Å². The highest BCUT2D eigenvalue weighted by atomic mass is 15.2. The van der Waals surface area contributed by atoms with E-state index in [9.17, 15) is 0 Å². The van der Waals surface area contributed by atoms with Crippen molar-refractivity contribution in [2.24, 2.45) is 0 Å². The molecular weight excluding hydrogens is 248 g/mol. The Kier molecular flexibility index (Phi) is 4.35. The fraction of sp³-hybridized carbons (Fsp3) is 0.375. The van der Waals surface area contributed by atoms with E-state index in [1.165, 1.54) is 0 Å². The van der Waals surface area contributed by atoms with E-state index in [-0.39, 0.29) is 5.54 Å². The van der Waals surface area contributed by atoms with Gasteiger partial charge in [-0.05, 0) is 45.0 Å². The second-order valence-electron chi connectivity index (χ2n) is 5.88. The van der Waals surface area contributed by atoms with Gasteiger partial charge >= 0.3 is 0 Å². The molecule has 0 saturated carbocycles. The molecule has 0 aliphatic heterocycles. The normalized spacial score (nSPS) is 11.4. The second kappa shape index (κ2) is 6.01. The number of rotatable bonds is 4. The van der Waals surface area contributed by atoms with E-state index >= 15 is 0 Å². The molecule has 0 saturated heterocycles. The standard InChI is InChI=1S/C16H22N4/c1-16(2,3)17-12-13-10-11-15(19-18-13)20(4)14-8-6-5-7-9-14/h5-11,17H,12H2,1-4H3. The Morgan fingerprint density at radius 3 is 2.25 bits per heavy atom. The third-order valence-corrected chi connectivity index (χ3v) is 2.99. The van der Waals surface area contributed by atoms with Crippen LogP contribution in [0.2, 0.25) is 0 Å². The van der Waals surface area contributed by atoms with E-state index in [1.807, 2.05) is 42.3 Å². The first kappa shape index (κ1) is 14.5. The van der Waals surface area contributed by atoms with Crippen LogP contribution in [0.15, 0.2) is 42.5 Å². The minimum Gasteiger partial charge on any atom is -0.328 e. The van der Waals surface area contributed by atoms with Gasteiger partial charge in [0, 0.05) is 24.8 Å². The summed E-state index contributed by atoms with van der Waals surface area (Å²) in [4.78, 5) is 2.02. The summed E-state index contributed by atoms with van der Waals surface area (Å²) in [5.74, 6) is 0.843. The Morgan fingerprint density at radius 1 is 1.00 bits per heavy atom. The lowest BCUT2D eigenvalue weighted by Gasteiger charge is -2.20. The predicted octanol–water partition coefficient (Wildman–Crippen LogP) is 3.13. The Hall–Kier alpha value is -1.94. The Bertz CT molecular complexity index is 529. The number of nitrogens with zero attached hydrogens (tertiary/aromatic N) is 3. The number of aromatic nitrogens is 2. The zero-order valence-corrected chi connectivity index (χ0v) is 12.6. The number of anilines is 2. The smallest absolute Gasteiger partial charge is 0.155 e. The molecule has 106 valence electrons. The molecule has 0 unspecified atom stereocenters. The molecule has 0 amide bonds. The maximum atomic E-state index is 4.29. The van der Waals surface area contributed by atoms with Crippen molar-refractivity contribution in [1.29, 1.82) is 0 Å². The second-order valence-corrected chi connectivity index (χ2v) is 5.88. The molecule has 0 aliphatic carbocycles. The fourth-order valence-electron chi connectivity index (χ4n) is 1.77. The number of nitrogens with one attached hydrogen (secondary N) is 1. The molecule has 0 spiro atoms. The molecule has 2 aromatic rings. The predicted molar refractivity (Wildman–Crippen MR) is 83.1 cm³/mol. The summed E-state index contributed by atoms with van der Waals surface area (Å²) >= 11 is 0. The number of hydrogen-bond acceptors (Lipinski definition) is 4. The maximum absolute atomic E-state index is 4.29. The van der Waals surface area contributed by atoms with E-state index in [0.717, 1.165) is 23.7 Å². The largest absolute Gasteiger partial charge is 0.328 e. The van der Waals surface area contributed by atoms with Crippen molar-refractivity contribution in [1.82, 2.24) is 15.5 Å². The summed E-state index contributed by atoms with van der Waals surface area (Å²) in [6.45, 7) is 7.14. The molecule has 0 aliphatic rings. The quantitative estimate of drug-likeness (QED) is 0.926. The highest BCUT2D eigenvalue weighted by Crippen LogP contribution is 2.20. The van der Waals surface area contributed by atoms with E-state index in [0.29, 0.717) is 0 Å². The number of para-hydroxylation sites is 1. The van der Waals surface area contributed by atoms with Gasteiger partial charge in [-0.2, -0.15) is 5.10 Å².